The number of rotatable bonds is 7. The van der Waals surface area contributed by atoms with Crippen molar-refractivity contribution < 1.29 is 23.5 Å². The van der Waals surface area contributed by atoms with Crippen LogP contribution in [0.15, 0.2) is 72.8 Å². The van der Waals surface area contributed by atoms with Crippen LogP contribution in [0.2, 0.25) is 5.04 Å². The molecular weight excluding hydrogens is 482 g/mol. The summed E-state index contributed by atoms with van der Waals surface area (Å²) in [5.41, 5.74) is -0.639. The third kappa shape index (κ3) is 6.70. The monoisotopic (exact) mass is 523 g/mol. The van der Waals surface area contributed by atoms with Crippen LogP contribution >= 0.6 is 0 Å². The topological polar surface area (TPSA) is 65.1 Å². The maximum absolute atomic E-state index is 13.4. The number of nitrogens with zero attached hydrogens (tertiary/aromatic N) is 1. The molecule has 0 spiro atoms. The Hall–Kier alpha value is -2.90. The summed E-state index contributed by atoms with van der Waals surface area (Å²) < 4.78 is 17.7. The van der Waals surface area contributed by atoms with Gasteiger partial charge in [-0.25, -0.2) is 9.59 Å². The quantitative estimate of drug-likeness (QED) is 0.288. The molecule has 0 saturated carbocycles. The highest BCUT2D eigenvalue weighted by Crippen LogP contribution is 2.38. The number of esters is 1. The Balaban J connectivity index is 1.99. The van der Waals surface area contributed by atoms with Gasteiger partial charge in [-0.3, -0.25) is 4.90 Å². The minimum absolute atomic E-state index is 0.171. The zero-order valence-corrected chi connectivity index (χ0v) is 24.2. The van der Waals surface area contributed by atoms with E-state index in [4.69, 9.17) is 13.9 Å². The molecule has 2 atom stereocenters. The van der Waals surface area contributed by atoms with Crippen LogP contribution in [0.4, 0.5) is 4.79 Å². The molecule has 1 saturated heterocycles. The van der Waals surface area contributed by atoms with Crippen molar-refractivity contribution in [2.45, 2.75) is 77.1 Å². The van der Waals surface area contributed by atoms with Crippen molar-refractivity contribution in [1.29, 1.82) is 0 Å². The van der Waals surface area contributed by atoms with E-state index in [1.54, 1.807) is 11.0 Å². The molecule has 0 aromatic heterocycles. The van der Waals surface area contributed by atoms with E-state index in [9.17, 15) is 9.59 Å². The number of likely N-dealkylation sites (tertiary alicyclic amines) is 1. The molecule has 6 nitrogen and oxygen atoms in total. The minimum Gasteiger partial charge on any atom is -0.466 e. The predicted molar refractivity (Wildman–Crippen MR) is 150 cm³/mol. The number of carbonyl (C=O) groups excluding carboxylic acids is 2. The smallest absolute Gasteiger partial charge is 0.411 e. The number of ether oxygens (including phenoxy) is 2. The summed E-state index contributed by atoms with van der Waals surface area (Å²) in [6.07, 6.45) is 4.17. The number of methoxy groups -OCH3 is 1. The summed E-state index contributed by atoms with van der Waals surface area (Å²) in [6, 6.07) is 20.5. The van der Waals surface area contributed by atoms with E-state index in [1.165, 1.54) is 23.6 Å². The van der Waals surface area contributed by atoms with Crippen LogP contribution in [0.25, 0.3) is 0 Å². The van der Waals surface area contributed by atoms with Crippen LogP contribution in [0, 0.1) is 0 Å². The fraction of sp³-hybridized carbons (Fsp3) is 0.467. The first kappa shape index (κ1) is 28.7. The second-order valence-corrected chi connectivity index (χ2v) is 15.8. The standard InChI is InChI=1S/C30H41NO5Si/c1-29(2,3)36-28(33)31-23(20-21-27(32)34-7)18-19-24(31)22-35-37(30(4,5)6,25-14-10-8-11-15-25)26-16-12-9-13-17-26/h8-17,20-21,23-24H,18-19,22H2,1-7H3/b21-20+/t23-,24-/m0/s1. The van der Waals surface area contributed by atoms with Gasteiger partial charge in [-0.2, -0.15) is 0 Å². The van der Waals surface area contributed by atoms with Gasteiger partial charge in [0.05, 0.1) is 25.8 Å². The van der Waals surface area contributed by atoms with Crippen molar-refractivity contribution in [3.05, 3.63) is 72.8 Å². The first-order valence-electron chi connectivity index (χ1n) is 12.9. The Morgan fingerprint density at radius 2 is 1.46 bits per heavy atom. The second-order valence-electron chi connectivity index (χ2n) is 11.5. The summed E-state index contributed by atoms with van der Waals surface area (Å²) in [4.78, 5) is 26.9. The molecule has 1 aliphatic heterocycles. The fourth-order valence-electron chi connectivity index (χ4n) is 5.10. The van der Waals surface area contributed by atoms with E-state index in [0.717, 1.165) is 6.42 Å². The minimum atomic E-state index is -2.76. The summed E-state index contributed by atoms with van der Waals surface area (Å²) in [5.74, 6) is -0.448. The lowest BCUT2D eigenvalue weighted by Gasteiger charge is -2.44. The van der Waals surface area contributed by atoms with Gasteiger partial charge in [0.25, 0.3) is 8.32 Å². The molecule has 200 valence electrons. The number of benzene rings is 2. The third-order valence-electron chi connectivity index (χ3n) is 6.72. The molecule has 0 unspecified atom stereocenters. The average Bonchev–Trinajstić information content (AvgIpc) is 3.25. The van der Waals surface area contributed by atoms with Gasteiger partial charge in [-0.15, -0.1) is 0 Å². The molecule has 1 amide bonds. The van der Waals surface area contributed by atoms with Crippen LogP contribution in [0.1, 0.15) is 54.4 Å². The lowest BCUT2D eigenvalue weighted by Crippen LogP contribution is -2.67. The molecule has 37 heavy (non-hydrogen) atoms. The molecular formula is C30H41NO5Si. The van der Waals surface area contributed by atoms with E-state index in [0.29, 0.717) is 13.0 Å². The third-order valence-corrected chi connectivity index (χ3v) is 11.7. The Bertz CT molecular complexity index is 1030. The zero-order valence-electron chi connectivity index (χ0n) is 23.2. The average molecular weight is 524 g/mol. The second kappa shape index (κ2) is 11.7. The molecule has 3 rings (SSSR count). The van der Waals surface area contributed by atoms with E-state index < -0.39 is 26.0 Å². The van der Waals surface area contributed by atoms with Crippen molar-refractivity contribution in [3.63, 3.8) is 0 Å². The molecule has 1 fully saturated rings. The van der Waals surface area contributed by atoms with Gasteiger partial charge in [0.15, 0.2) is 0 Å². The highest BCUT2D eigenvalue weighted by Gasteiger charge is 2.51. The van der Waals surface area contributed by atoms with E-state index in [1.807, 2.05) is 32.9 Å². The van der Waals surface area contributed by atoms with Gasteiger partial charge in [0.1, 0.15) is 5.60 Å². The number of carbonyl (C=O) groups is 2. The van der Waals surface area contributed by atoms with Crippen molar-refractivity contribution in [2.24, 2.45) is 0 Å². The number of hydrogen-bond donors (Lipinski definition) is 0. The lowest BCUT2D eigenvalue weighted by atomic mass is 10.2. The summed E-state index contributed by atoms with van der Waals surface area (Å²) in [7, 11) is -1.42. The zero-order chi connectivity index (χ0) is 27.3. The first-order valence-corrected chi connectivity index (χ1v) is 14.8. The fourth-order valence-corrected chi connectivity index (χ4v) is 9.70. The number of hydrogen-bond acceptors (Lipinski definition) is 5. The largest absolute Gasteiger partial charge is 0.466 e. The highest BCUT2D eigenvalue weighted by molar-refractivity contribution is 6.99. The van der Waals surface area contributed by atoms with Crippen LogP contribution in [-0.2, 0) is 18.7 Å². The first-order chi connectivity index (χ1) is 17.4. The van der Waals surface area contributed by atoms with Crippen molar-refractivity contribution >= 4 is 30.8 Å². The molecule has 7 heteroatoms. The summed E-state index contributed by atoms with van der Waals surface area (Å²) >= 11 is 0. The van der Waals surface area contributed by atoms with Gasteiger partial charge >= 0.3 is 12.1 Å². The SMILES string of the molecule is COC(=O)/C=C/[C@@H]1CC[C@@H](CO[Si](c2ccccc2)(c2ccccc2)C(C)(C)C)N1C(=O)OC(C)(C)C. The summed E-state index contributed by atoms with van der Waals surface area (Å²) in [6.45, 7) is 12.6. The van der Waals surface area contributed by atoms with Gasteiger partial charge in [0.2, 0.25) is 0 Å². The Morgan fingerprint density at radius 3 is 1.92 bits per heavy atom. The van der Waals surface area contributed by atoms with E-state index in [-0.39, 0.29) is 17.1 Å². The van der Waals surface area contributed by atoms with Crippen molar-refractivity contribution in [3.8, 4) is 0 Å². The van der Waals surface area contributed by atoms with Crippen LogP contribution in [0.5, 0.6) is 0 Å². The predicted octanol–water partition coefficient (Wildman–Crippen LogP) is 5.06. The molecule has 1 heterocycles. The Kier molecular flexibility index (Phi) is 9.03. The molecule has 2 aromatic carbocycles. The molecule has 0 N–H and O–H groups in total. The molecule has 0 bridgehead atoms. The Morgan fingerprint density at radius 1 is 0.919 bits per heavy atom. The number of amides is 1. The van der Waals surface area contributed by atoms with Crippen LogP contribution < -0.4 is 10.4 Å². The van der Waals surface area contributed by atoms with E-state index in [2.05, 4.69) is 69.3 Å². The molecule has 2 aromatic rings. The maximum atomic E-state index is 13.4. The molecule has 1 aliphatic rings. The van der Waals surface area contributed by atoms with E-state index >= 15 is 0 Å². The van der Waals surface area contributed by atoms with Gasteiger partial charge < -0.3 is 13.9 Å². The maximum Gasteiger partial charge on any atom is 0.411 e. The summed E-state index contributed by atoms with van der Waals surface area (Å²) in [5, 5.41) is 2.21. The van der Waals surface area contributed by atoms with Gasteiger partial charge in [0, 0.05) is 6.08 Å². The van der Waals surface area contributed by atoms with Gasteiger partial charge in [-0.1, -0.05) is 87.5 Å². The van der Waals surface area contributed by atoms with Crippen LogP contribution in [0.3, 0.4) is 0 Å². The Labute approximate surface area is 222 Å². The van der Waals surface area contributed by atoms with Gasteiger partial charge in [-0.05, 0) is 49.0 Å². The van der Waals surface area contributed by atoms with Crippen LogP contribution in [-0.4, -0.2) is 56.7 Å². The highest BCUT2D eigenvalue weighted by atomic mass is 28.4. The molecule has 0 aliphatic carbocycles. The van der Waals surface area contributed by atoms with Crippen molar-refractivity contribution in [1.82, 2.24) is 4.90 Å². The molecule has 0 radical (unpaired) electrons. The lowest BCUT2D eigenvalue weighted by molar-refractivity contribution is -0.134. The normalized spacial score (nSPS) is 18.7. The van der Waals surface area contributed by atoms with Crippen molar-refractivity contribution in [2.75, 3.05) is 13.7 Å².